The predicted molar refractivity (Wildman–Crippen MR) is 84.7 cm³/mol. The summed E-state index contributed by atoms with van der Waals surface area (Å²) in [5.74, 6) is 0.769. The number of hydrogen-bond acceptors (Lipinski definition) is 1. The molecular formula is C19H23N. The van der Waals surface area contributed by atoms with Gasteiger partial charge in [0, 0.05) is 0 Å². The van der Waals surface area contributed by atoms with Crippen LogP contribution in [0.3, 0.4) is 0 Å². The first-order valence-electron chi connectivity index (χ1n) is 7.75. The fraction of sp³-hybridized carbons (Fsp3) is 0.368. The standard InChI is InChI=1S/C19H23N/c20-19(17-9-5-2-6-10-17)18-13-11-16(12-14-18)15-7-3-1-4-8-15/h2,5-6,9-15,19H,1,3-4,7-8,20H2. The van der Waals surface area contributed by atoms with Gasteiger partial charge in [-0.3, -0.25) is 0 Å². The van der Waals surface area contributed by atoms with Crippen LogP contribution in [-0.2, 0) is 0 Å². The number of hydrogen-bond donors (Lipinski definition) is 1. The van der Waals surface area contributed by atoms with Crippen molar-refractivity contribution in [3.05, 3.63) is 71.3 Å². The van der Waals surface area contributed by atoms with E-state index in [1.54, 1.807) is 0 Å². The first kappa shape index (κ1) is 13.4. The summed E-state index contributed by atoms with van der Waals surface area (Å²) in [6, 6.07) is 19.3. The van der Waals surface area contributed by atoms with Crippen molar-refractivity contribution < 1.29 is 0 Å². The molecule has 1 aliphatic rings. The third-order valence-corrected chi connectivity index (χ3v) is 4.53. The summed E-state index contributed by atoms with van der Waals surface area (Å²) in [5, 5.41) is 0. The van der Waals surface area contributed by atoms with Crippen LogP contribution in [0.4, 0.5) is 0 Å². The largest absolute Gasteiger partial charge is 0.320 e. The lowest BCUT2D eigenvalue weighted by Gasteiger charge is -2.22. The smallest absolute Gasteiger partial charge is 0.0551 e. The van der Waals surface area contributed by atoms with Gasteiger partial charge >= 0.3 is 0 Å². The van der Waals surface area contributed by atoms with Crippen LogP contribution in [0.1, 0.15) is 60.8 Å². The highest BCUT2D eigenvalue weighted by atomic mass is 14.6. The van der Waals surface area contributed by atoms with Crippen molar-refractivity contribution >= 4 is 0 Å². The van der Waals surface area contributed by atoms with Crippen LogP contribution in [0.25, 0.3) is 0 Å². The van der Waals surface area contributed by atoms with Crippen molar-refractivity contribution in [2.45, 2.75) is 44.1 Å². The Balaban J connectivity index is 1.75. The van der Waals surface area contributed by atoms with E-state index in [2.05, 4.69) is 36.4 Å². The minimum absolute atomic E-state index is 0.0170. The molecule has 0 bridgehead atoms. The maximum absolute atomic E-state index is 6.34. The lowest BCUT2D eigenvalue weighted by molar-refractivity contribution is 0.443. The molecule has 0 amide bonds. The normalized spacial score (nSPS) is 17.9. The monoisotopic (exact) mass is 265 g/mol. The quantitative estimate of drug-likeness (QED) is 0.849. The molecule has 0 spiro atoms. The summed E-state index contributed by atoms with van der Waals surface area (Å²) in [6.07, 6.45) is 6.88. The SMILES string of the molecule is NC(c1ccccc1)c1ccc(C2CCCCC2)cc1. The van der Waals surface area contributed by atoms with Crippen molar-refractivity contribution in [2.24, 2.45) is 5.73 Å². The summed E-state index contributed by atoms with van der Waals surface area (Å²) >= 11 is 0. The van der Waals surface area contributed by atoms with Crippen molar-refractivity contribution in [3.63, 3.8) is 0 Å². The maximum atomic E-state index is 6.34. The lowest BCUT2D eigenvalue weighted by Crippen LogP contribution is -2.12. The summed E-state index contributed by atoms with van der Waals surface area (Å²) in [4.78, 5) is 0. The Bertz CT molecular complexity index is 523. The Labute approximate surface area is 121 Å². The highest BCUT2D eigenvalue weighted by molar-refractivity contribution is 5.34. The van der Waals surface area contributed by atoms with E-state index < -0.39 is 0 Å². The van der Waals surface area contributed by atoms with Gasteiger partial charge in [0.1, 0.15) is 0 Å². The Morgan fingerprint density at radius 1 is 0.750 bits per heavy atom. The van der Waals surface area contributed by atoms with Crippen molar-refractivity contribution in [3.8, 4) is 0 Å². The first-order chi connectivity index (χ1) is 9.84. The van der Waals surface area contributed by atoms with Crippen LogP contribution in [0, 0.1) is 0 Å². The maximum Gasteiger partial charge on any atom is 0.0551 e. The topological polar surface area (TPSA) is 26.0 Å². The van der Waals surface area contributed by atoms with Gasteiger partial charge in [0.2, 0.25) is 0 Å². The molecule has 2 N–H and O–H groups in total. The summed E-state index contributed by atoms with van der Waals surface area (Å²) in [6.45, 7) is 0. The average molecular weight is 265 g/mol. The van der Waals surface area contributed by atoms with Crippen LogP contribution >= 0.6 is 0 Å². The van der Waals surface area contributed by atoms with Gasteiger partial charge in [0.15, 0.2) is 0 Å². The molecular weight excluding hydrogens is 242 g/mol. The highest BCUT2D eigenvalue weighted by Gasteiger charge is 2.16. The van der Waals surface area contributed by atoms with Gasteiger partial charge in [-0.2, -0.15) is 0 Å². The summed E-state index contributed by atoms with van der Waals surface area (Å²) in [7, 11) is 0. The van der Waals surface area contributed by atoms with Crippen LogP contribution in [0.5, 0.6) is 0 Å². The highest BCUT2D eigenvalue weighted by Crippen LogP contribution is 2.33. The van der Waals surface area contributed by atoms with Gasteiger partial charge in [0.05, 0.1) is 6.04 Å². The number of rotatable bonds is 3. The molecule has 1 nitrogen and oxygen atoms in total. The molecule has 0 aromatic heterocycles. The minimum Gasteiger partial charge on any atom is -0.320 e. The van der Waals surface area contributed by atoms with Crippen LogP contribution in [0.2, 0.25) is 0 Å². The zero-order chi connectivity index (χ0) is 13.8. The number of benzene rings is 2. The zero-order valence-electron chi connectivity index (χ0n) is 12.0. The molecule has 1 saturated carbocycles. The molecule has 3 rings (SSSR count). The summed E-state index contributed by atoms with van der Waals surface area (Å²) < 4.78 is 0. The molecule has 1 unspecified atom stereocenters. The van der Waals surface area contributed by atoms with E-state index in [1.807, 2.05) is 18.2 Å². The second kappa shape index (κ2) is 6.23. The van der Waals surface area contributed by atoms with Crippen molar-refractivity contribution in [1.29, 1.82) is 0 Å². The molecule has 0 heterocycles. The molecule has 1 aliphatic carbocycles. The molecule has 0 aliphatic heterocycles. The van der Waals surface area contributed by atoms with Crippen LogP contribution in [0.15, 0.2) is 54.6 Å². The lowest BCUT2D eigenvalue weighted by atomic mass is 9.83. The minimum atomic E-state index is -0.0170. The molecule has 0 saturated heterocycles. The van der Waals surface area contributed by atoms with E-state index in [0.29, 0.717) is 0 Å². The molecule has 1 atom stereocenters. The first-order valence-corrected chi connectivity index (χ1v) is 7.75. The number of nitrogens with two attached hydrogens (primary N) is 1. The van der Waals surface area contributed by atoms with Crippen molar-refractivity contribution in [2.75, 3.05) is 0 Å². The molecule has 1 fully saturated rings. The van der Waals surface area contributed by atoms with Crippen LogP contribution < -0.4 is 5.73 Å². The van der Waals surface area contributed by atoms with E-state index in [4.69, 9.17) is 5.73 Å². The molecule has 104 valence electrons. The van der Waals surface area contributed by atoms with Gasteiger partial charge in [-0.1, -0.05) is 73.9 Å². The van der Waals surface area contributed by atoms with Gasteiger partial charge in [0.25, 0.3) is 0 Å². The second-order valence-corrected chi connectivity index (χ2v) is 5.89. The predicted octanol–water partition coefficient (Wildman–Crippen LogP) is 4.78. The second-order valence-electron chi connectivity index (χ2n) is 5.89. The molecule has 20 heavy (non-hydrogen) atoms. The van der Waals surface area contributed by atoms with Gasteiger partial charge in [-0.25, -0.2) is 0 Å². The molecule has 2 aromatic carbocycles. The molecule has 1 heteroatoms. The van der Waals surface area contributed by atoms with Gasteiger partial charge in [-0.05, 0) is 35.4 Å². The average Bonchev–Trinajstić information content (AvgIpc) is 2.56. The van der Waals surface area contributed by atoms with E-state index >= 15 is 0 Å². The van der Waals surface area contributed by atoms with Gasteiger partial charge in [-0.15, -0.1) is 0 Å². The Morgan fingerprint density at radius 2 is 1.35 bits per heavy atom. The zero-order valence-corrected chi connectivity index (χ0v) is 12.0. The summed E-state index contributed by atoms with van der Waals surface area (Å²) in [5.41, 5.74) is 10.2. The fourth-order valence-corrected chi connectivity index (χ4v) is 3.26. The Kier molecular flexibility index (Phi) is 4.17. The van der Waals surface area contributed by atoms with E-state index in [-0.39, 0.29) is 6.04 Å². The third kappa shape index (κ3) is 2.94. The van der Waals surface area contributed by atoms with E-state index in [9.17, 15) is 0 Å². The van der Waals surface area contributed by atoms with E-state index in [1.165, 1.54) is 48.8 Å². The Morgan fingerprint density at radius 3 is 2.00 bits per heavy atom. The van der Waals surface area contributed by atoms with Gasteiger partial charge < -0.3 is 5.73 Å². The fourth-order valence-electron chi connectivity index (χ4n) is 3.26. The Hall–Kier alpha value is -1.60. The van der Waals surface area contributed by atoms with Crippen LogP contribution in [-0.4, -0.2) is 0 Å². The molecule has 2 aromatic rings. The van der Waals surface area contributed by atoms with Crippen molar-refractivity contribution in [1.82, 2.24) is 0 Å². The molecule has 0 radical (unpaired) electrons. The third-order valence-electron chi connectivity index (χ3n) is 4.53. The van der Waals surface area contributed by atoms with E-state index in [0.717, 1.165) is 5.92 Å².